The third kappa shape index (κ3) is 4.31. The summed E-state index contributed by atoms with van der Waals surface area (Å²) in [5.74, 6) is 0. The summed E-state index contributed by atoms with van der Waals surface area (Å²) in [4.78, 5) is 2.30. The zero-order chi connectivity index (χ0) is 27.9. The molecule has 0 aliphatic heterocycles. The third-order valence-electron chi connectivity index (χ3n) is 8.04. The van der Waals surface area contributed by atoms with Crippen molar-refractivity contribution in [2.45, 2.75) is 0 Å². The van der Waals surface area contributed by atoms with E-state index in [1.807, 2.05) is 12.1 Å². The van der Waals surface area contributed by atoms with E-state index in [1.165, 1.54) is 33.0 Å². The van der Waals surface area contributed by atoms with Gasteiger partial charge in [-0.2, -0.15) is 0 Å². The van der Waals surface area contributed by atoms with Crippen molar-refractivity contribution >= 4 is 49.8 Å². The van der Waals surface area contributed by atoms with Crippen molar-refractivity contribution in [3.8, 4) is 22.3 Å². The van der Waals surface area contributed by atoms with Gasteiger partial charge in [0.2, 0.25) is 0 Å². The van der Waals surface area contributed by atoms with Crippen LogP contribution in [0.15, 0.2) is 168 Å². The topological polar surface area (TPSA) is 16.4 Å². The molecule has 42 heavy (non-hydrogen) atoms. The molecule has 0 saturated carbocycles. The fraction of sp³-hybridized carbons (Fsp3) is 0. The maximum absolute atomic E-state index is 6.11. The summed E-state index contributed by atoms with van der Waals surface area (Å²) < 4.78 is 6.11. The normalized spacial score (nSPS) is 11.3. The molecule has 198 valence electrons. The Hall–Kier alpha value is -5.60. The van der Waals surface area contributed by atoms with Crippen molar-refractivity contribution in [1.29, 1.82) is 0 Å². The van der Waals surface area contributed by atoms with Gasteiger partial charge in [0, 0.05) is 27.8 Å². The minimum absolute atomic E-state index is 0.898. The SMILES string of the molecule is c1ccc(N(c2ccc(-c3cccc(-c4ccc5ccccc5c4)c3)cc2)c2ccc3oc4ccccc4c3c2)cc1. The standard InChI is InChI=1S/C40H27NO/c1-2-13-34(14-3-1)41(36-23-24-40-38(27-36)37-15-6-7-16-39(37)42-40)35-21-19-29(20-22-35)31-11-8-12-32(25-31)33-18-17-28-9-4-5-10-30(28)26-33/h1-27H. The molecule has 0 fully saturated rings. The molecule has 1 aromatic heterocycles. The Bertz CT molecular complexity index is 2190. The molecule has 8 aromatic rings. The number of hydrogen-bond donors (Lipinski definition) is 0. The molecule has 0 radical (unpaired) electrons. The van der Waals surface area contributed by atoms with Crippen LogP contribution in [0.25, 0.3) is 55.0 Å². The summed E-state index contributed by atoms with van der Waals surface area (Å²) in [6.45, 7) is 0. The molecule has 0 bridgehead atoms. The van der Waals surface area contributed by atoms with E-state index in [0.717, 1.165) is 39.0 Å². The molecule has 0 aliphatic rings. The quantitative estimate of drug-likeness (QED) is 0.217. The highest BCUT2D eigenvalue weighted by Crippen LogP contribution is 2.39. The summed E-state index contributed by atoms with van der Waals surface area (Å²) >= 11 is 0. The van der Waals surface area contributed by atoms with Crippen LogP contribution in [0.2, 0.25) is 0 Å². The Morgan fingerprint density at radius 1 is 0.333 bits per heavy atom. The smallest absolute Gasteiger partial charge is 0.135 e. The molecule has 0 aliphatic carbocycles. The van der Waals surface area contributed by atoms with E-state index in [4.69, 9.17) is 4.42 Å². The van der Waals surface area contributed by atoms with Crippen molar-refractivity contribution in [3.05, 3.63) is 164 Å². The molecule has 0 atom stereocenters. The Morgan fingerprint density at radius 2 is 0.952 bits per heavy atom. The highest BCUT2D eigenvalue weighted by atomic mass is 16.3. The molecule has 0 amide bonds. The van der Waals surface area contributed by atoms with Gasteiger partial charge in [-0.15, -0.1) is 0 Å². The van der Waals surface area contributed by atoms with Crippen LogP contribution < -0.4 is 4.90 Å². The predicted octanol–water partition coefficient (Wildman–Crippen LogP) is 11.5. The maximum atomic E-state index is 6.11. The fourth-order valence-electron chi connectivity index (χ4n) is 5.93. The third-order valence-corrected chi connectivity index (χ3v) is 8.04. The minimum Gasteiger partial charge on any atom is -0.456 e. The van der Waals surface area contributed by atoms with Crippen LogP contribution in [-0.4, -0.2) is 0 Å². The molecule has 8 rings (SSSR count). The van der Waals surface area contributed by atoms with Gasteiger partial charge in [0.15, 0.2) is 0 Å². The molecular weight excluding hydrogens is 510 g/mol. The van der Waals surface area contributed by atoms with Crippen molar-refractivity contribution in [2.24, 2.45) is 0 Å². The molecule has 0 unspecified atom stereocenters. The van der Waals surface area contributed by atoms with Crippen LogP contribution in [0.3, 0.4) is 0 Å². The van der Waals surface area contributed by atoms with Crippen LogP contribution in [0.1, 0.15) is 0 Å². The van der Waals surface area contributed by atoms with E-state index in [2.05, 4.69) is 157 Å². The summed E-state index contributed by atoms with van der Waals surface area (Å²) in [6.07, 6.45) is 0. The number of fused-ring (bicyclic) bond motifs is 4. The lowest BCUT2D eigenvalue weighted by atomic mass is 9.97. The fourth-order valence-corrected chi connectivity index (χ4v) is 5.93. The lowest BCUT2D eigenvalue weighted by molar-refractivity contribution is 0.669. The lowest BCUT2D eigenvalue weighted by Gasteiger charge is -2.25. The average molecular weight is 538 g/mol. The van der Waals surface area contributed by atoms with Crippen LogP contribution in [0.4, 0.5) is 17.1 Å². The van der Waals surface area contributed by atoms with E-state index in [0.29, 0.717) is 0 Å². The number of para-hydroxylation sites is 2. The second kappa shape index (κ2) is 10.1. The van der Waals surface area contributed by atoms with Crippen LogP contribution in [0.5, 0.6) is 0 Å². The van der Waals surface area contributed by atoms with Gasteiger partial charge in [-0.3, -0.25) is 0 Å². The Labute approximate surface area is 244 Å². The number of nitrogens with zero attached hydrogens (tertiary/aromatic N) is 1. The maximum Gasteiger partial charge on any atom is 0.135 e. The summed E-state index contributed by atoms with van der Waals surface area (Å²) in [7, 11) is 0. The van der Waals surface area contributed by atoms with Crippen LogP contribution >= 0.6 is 0 Å². The van der Waals surface area contributed by atoms with E-state index in [9.17, 15) is 0 Å². The van der Waals surface area contributed by atoms with E-state index >= 15 is 0 Å². The molecule has 7 aromatic carbocycles. The highest BCUT2D eigenvalue weighted by molar-refractivity contribution is 6.06. The van der Waals surface area contributed by atoms with E-state index in [-0.39, 0.29) is 0 Å². The summed E-state index contributed by atoms with van der Waals surface area (Å²) in [5, 5.41) is 4.76. The second-order valence-corrected chi connectivity index (χ2v) is 10.6. The first-order valence-corrected chi connectivity index (χ1v) is 14.3. The van der Waals surface area contributed by atoms with Gasteiger partial charge >= 0.3 is 0 Å². The van der Waals surface area contributed by atoms with Crippen LogP contribution in [0, 0.1) is 0 Å². The minimum atomic E-state index is 0.898. The number of rotatable bonds is 5. The molecule has 2 heteroatoms. The monoisotopic (exact) mass is 537 g/mol. The first-order chi connectivity index (χ1) is 20.8. The zero-order valence-electron chi connectivity index (χ0n) is 22.9. The molecule has 2 nitrogen and oxygen atoms in total. The molecule has 0 N–H and O–H groups in total. The van der Waals surface area contributed by atoms with E-state index < -0.39 is 0 Å². The highest BCUT2D eigenvalue weighted by Gasteiger charge is 2.15. The zero-order valence-corrected chi connectivity index (χ0v) is 22.9. The van der Waals surface area contributed by atoms with Gasteiger partial charge in [0.1, 0.15) is 11.2 Å². The number of furan rings is 1. The molecule has 0 saturated heterocycles. The summed E-state index contributed by atoms with van der Waals surface area (Å²) in [6, 6.07) is 58.1. The lowest BCUT2D eigenvalue weighted by Crippen LogP contribution is -2.09. The first kappa shape index (κ1) is 24.2. The van der Waals surface area contributed by atoms with Crippen LogP contribution in [-0.2, 0) is 0 Å². The van der Waals surface area contributed by atoms with Crippen molar-refractivity contribution in [1.82, 2.24) is 0 Å². The molecule has 1 heterocycles. The first-order valence-electron chi connectivity index (χ1n) is 14.3. The predicted molar refractivity (Wildman–Crippen MR) is 177 cm³/mol. The second-order valence-electron chi connectivity index (χ2n) is 10.6. The Morgan fingerprint density at radius 3 is 1.81 bits per heavy atom. The number of benzene rings is 7. The largest absolute Gasteiger partial charge is 0.456 e. The van der Waals surface area contributed by atoms with Gasteiger partial charge in [-0.1, -0.05) is 103 Å². The van der Waals surface area contributed by atoms with Crippen molar-refractivity contribution in [3.63, 3.8) is 0 Å². The van der Waals surface area contributed by atoms with Crippen molar-refractivity contribution in [2.75, 3.05) is 4.90 Å². The number of hydrogen-bond acceptors (Lipinski definition) is 2. The summed E-state index contributed by atoms with van der Waals surface area (Å²) in [5.41, 5.74) is 9.93. The van der Waals surface area contributed by atoms with E-state index in [1.54, 1.807) is 0 Å². The molecule has 0 spiro atoms. The molecular formula is C40H27NO. The van der Waals surface area contributed by atoms with Gasteiger partial charge in [-0.25, -0.2) is 0 Å². The average Bonchev–Trinajstić information content (AvgIpc) is 3.44. The van der Waals surface area contributed by atoms with Gasteiger partial charge in [0.25, 0.3) is 0 Å². The Balaban J connectivity index is 1.18. The Kier molecular flexibility index (Phi) is 5.82. The number of anilines is 3. The van der Waals surface area contributed by atoms with Gasteiger partial charge < -0.3 is 9.32 Å². The van der Waals surface area contributed by atoms with Gasteiger partial charge in [-0.05, 0) is 93.7 Å². The van der Waals surface area contributed by atoms with Gasteiger partial charge in [0.05, 0.1) is 0 Å². The van der Waals surface area contributed by atoms with Crippen molar-refractivity contribution < 1.29 is 4.42 Å².